The summed E-state index contributed by atoms with van der Waals surface area (Å²) in [6.07, 6.45) is 0. The Morgan fingerprint density at radius 2 is 0.618 bits per heavy atom. The van der Waals surface area contributed by atoms with E-state index in [9.17, 15) is 0 Å². The third kappa shape index (κ3) is 6.28. The summed E-state index contributed by atoms with van der Waals surface area (Å²) in [5.41, 5.74) is 16.3. The fourth-order valence-corrected chi connectivity index (χ4v) is 12.2. The molecule has 12 aromatic carbocycles. The zero-order valence-electron chi connectivity index (χ0n) is 41.0. The van der Waals surface area contributed by atoms with Crippen molar-refractivity contribution in [3.05, 3.63) is 267 Å². The first-order valence-electron chi connectivity index (χ1n) is 25.8. The molecule has 0 fully saturated rings. The van der Waals surface area contributed by atoms with Crippen LogP contribution < -0.4 is 9.80 Å². The van der Waals surface area contributed by atoms with Crippen LogP contribution in [0.25, 0.3) is 110 Å². The number of aromatic nitrogens is 2. The van der Waals surface area contributed by atoms with Crippen molar-refractivity contribution in [1.29, 1.82) is 0 Å². The van der Waals surface area contributed by atoms with Gasteiger partial charge in [0.25, 0.3) is 0 Å². The number of para-hydroxylation sites is 8. The van der Waals surface area contributed by atoms with Gasteiger partial charge in [0, 0.05) is 77.2 Å². The highest BCUT2D eigenvalue weighted by molar-refractivity contribution is 6.29. The number of fused-ring (bicyclic) bond motifs is 15. The Morgan fingerprint density at radius 3 is 1.05 bits per heavy atom. The van der Waals surface area contributed by atoms with Crippen molar-refractivity contribution in [3.8, 4) is 11.4 Å². The van der Waals surface area contributed by atoms with Crippen molar-refractivity contribution in [1.82, 2.24) is 9.13 Å². The van der Waals surface area contributed by atoms with E-state index in [0.29, 0.717) is 0 Å². The first-order chi connectivity index (χ1) is 37.7. The molecule has 0 aliphatic carbocycles. The summed E-state index contributed by atoms with van der Waals surface area (Å²) in [6.45, 7) is 0. The molecule has 0 aliphatic heterocycles. The zero-order valence-corrected chi connectivity index (χ0v) is 41.0. The molecule has 76 heavy (non-hydrogen) atoms. The standard InChI is InChI=1S/C70H44N4O2/c1-5-19-45(20-6-1)71(49-35-39-61-57(43-49)51-27-13-15-31-59(51)73(61)47-23-9-3-10-24-47)63-33-17-29-55-67-53-38-42-66-68(54(53)37-41-65(67)75-69(55)63)56-30-18-34-64(70(56)76-66)72(46-21-7-2-8-22-46)50-36-40-62-58(44-50)52-28-14-16-32-60(52)74(62)48-25-11-4-12-26-48/h1-44H. The predicted octanol–water partition coefficient (Wildman–Crippen LogP) is 19.8. The minimum absolute atomic E-state index is 0.822. The maximum Gasteiger partial charge on any atom is 0.159 e. The summed E-state index contributed by atoms with van der Waals surface area (Å²) in [5, 5.41) is 11.2. The number of anilines is 6. The monoisotopic (exact) mass is 972 g/mol. The van der Waals surface area contributed by atoms with Gasteiger partial charge in [-0.25, -0.2) is 0 Å². The highest BCUT2D eigenvalue weighted by Gasteiger charge is 2.25. The van der Waals surface area contributed by atoms with Crippen LogP contribution in [0.1, 0.15) is 0 Å². The summed E-state index contributed by atoms with van der Waals surface area (Å²) >= 11 is 0. The minimum atomic E-state index is 0.822. The lowest BCUT2D eigenvalue weighted by atomic mass is 9.99. The quantitative estimate of drug-likeness (QED) is 0.152. The lowest BCUT2D eigenvalue weighted by Gasteiger charge is -2.25. The molecule has 0 radical (unpaired) electrons. The Bertz CT molecular complexity index is 4620. The van der Waals surface area contributed by atoms with Gasteiger partial charge in [0.2, 0.25) is 0 Å². The number of benzene rings is 12. The van der Waals surface area contributed by atoms with Gasteiger partial charge >= 0.3 is 0 Å². The maximum absolute atomic E-state index is 7.07. The Balaban J connectivity index is 0.868. The molecule has 6 heteroatoms. The molecule has 0 bridgehead atoms. The Kier molecular flexibility index (Phi) is 9.23. The van der Waals surface area contributed by atoms with Gasteiger partial charge in [-0.05, 0) is 144 Å². The maximum atomic E-state index is 7.07. The van der Waals surface area contributed by atoms with Gasteiger partial charge in [-0.15, -0.1) is 0 Å². The van der Waals surface area contributed by atoms with Gasteiger partial charge in [-0.3, -0.25) is 0 Å². The summed E-state index contributed by atoms with van der Waals surface area (Å²) in [7, 11) is 0. The molecule has 16 aromatic rings. The fourth-order valence-electron chi connectivity index (χ4n) is 12.2. The van der Waals surface area contributed by atoms with Gasteiger partial charge in [-0.2, -0.15) is 0 Å². The third-order valence-corrected chi connectivity index (χ3v) is 15.4. The molecule has 0 aliphatic rings. The lowest BCUT2D eigenvalue weighted by Crippen LogP contribution is -2.10. The summed E-state index contributed by atoms with van der Waals surface area (Å²) in [4.78, 5) is 4.67. The number of furan rings is 2. The molecule has 16 rings (SSSR count). The zero-order chi connectivity index (χ0) is 49.8. The van der Waals surface area contributed by atoms with E-state index >= 15 is 0 Å². The summed E-state index contributed by atoms with van der Waals surface area (Å²) < 4.78 is 18.9. The Labute approximate surface area is 436 Å². The fraction of sp³-hybridized carbons (Fsp3) is 0. The first kappa shape index (κ1) is 42.2. The van der Waals surface area contributed by atoms with Crippen molar-refractivity contribution in [3.63, 3.8) is 0 Å². The second kappa shape index (κ2) is 16.6. The predicted molar refractivity (Wildman–Crippen MR) is 317 cm³/mol. The molecule has 356 valence electrons. The van der Waals surface area contributed by atoms with Crippen LogP contribution in [-0.4, -0.2) is 9.13 Å². The van der Waals surface area contributed by atoms with E-state index in [4.69, 9.17) is 8.83 Å². The molecule has 0 N–H and O–H groups in total. The summed E-state index contributed by atoms with van der Waals surface area (Å²) in [6, 6.07) is 95.3. The second-order valence-electron chi connectivity index (χ2n) is 19.6. The van der Waals surface area contributed by atoms with Crippen LogP contribution in [0.5, 0.6) is 0 Å². The topological polar surface area (TPSA) is 42.6 Å². The molecule has 0 atom stereocenters. The third-order valence-electron chi connectivity index (χ3n) is 15.4. The van der Waals surface area contributed by atoms with Gasteiger partial charge in [0.15, 0.2) is 11.2 Å². The van der Waals surface area contributed by atoms with Crippen LogP contribution in [0.4, 0.5) is 34.1 Å². The van der Waals surface area contributed by atoms with E-state index in [1.807, 2.05) is 0 Å². The van der Waals surface area contributed by atoms with Gasteiger partial charge in [0.05, 0.1) is 33.4 Å². The van der Waals surface area contributed by atoms with Crippen LogP contribution >= 0.6 is 0 Å². The van der Waals surface area contributed by atoms with Crippen LogP contribution in [-0.2, 0) is 0 Å². The molecular formula is C70H44N4O2. The van der Waals surface area contributed by atoms with Crippen molar-refractivity contribution in [2.24, 2.45) is 0 Å². The van der Waals surface area contributed by atoms with Crippen molar-refractivity contribution >= 4 is 132 Å². The van der Waals surface area contributed by atoms with Gasteiger partial charge in [0.1, 0.15) is 11.2 Å². The smallest absolute Gasteiger partial charge is 0.159 e. The molecule has 4 aromatic heterocycles. The van der Waals surface area contributed by atoms with Crippen molar-refractivity contribution in [2.75, 3.05) is 9.80 Å². The van der Waals surface area contributed by atoms with Crippen LogP contribution in [0.15, 0.2) is 276 Å². The average Bonchev–Trinajstić information content (AvgIpc) is 4.26. The van der Waals surface area contributed by atoms with E-state index in [0.717, 1.165) is 111 Å². The molecular weight excluding hydrogens is 929 g/mol. The van der Waals surface area contributed by atoms with Crippen LogP contribution in [0, 0.1) is 0 Å². The normalized spacial score (nSPS) is 11.9. The van der Waals surface area contributed by atoms with E-state index in [1.54, 1.807) is 0 Å². The largest absolute Gasteiger partial charge is 0.454 e. The highest BCUT2D eigenvalue weighted by atomic mass is 16.3. The van der Waals surface area contributed by atoms with Gasteiger partial charge < -0.3 is 27.8 Å². The van der Waals surface area contributed by atoms with Crippen molar-refractivity contribution in [2.45, 2.75) is 0 Å². The molecule has 0 spiro atoms. The summed E-state index contributed by atoms with van der Waals surface area (Å²) in [5.74, 6) is 0. The van der Waals surface area contributed by atoms with E-state index < -0.39 is 0 Å². The van der Waals surface area contributed by atoms with E-state index in [2.05, 4.69) is 286 Å². The van der Waals surface area contributed by atoms with Crippen LogP contribution in [0.3, 0.4) is 0 Å². The Morgan fingerprint density at radius 1 is 0.250 bits per heavy atom. The number of nitrogens with zero attached hydrogens (tertiary/aromatic N) is 4. The molecule has 0 amide bonds. The molecule has 0 unspecified atom stereocenters. The van der Waals surface area contributed by atoms with E-state index in [-0.39, 0.29) is 0 Å². The SMILES string of the molecule is c1ccc(N(c2ccc3c(c2)c2ccccc2n3-c2ccccc2)c2cccc3c2oc2ccc4c(ccc5oc6c(N(c7ccccc7)c7ccc8c(c7)c7ccccc7n8-c7ccccc7)cccc6c54)c23)cc1. The van der Waals surface area contributed by atoms with E-state index in [1.165, 1.54) is 32.6 Å². The number of hydrogen-bond acceptors (Lipinski definition) is 4. The average molecular weight is 973 g/mol. The Hall–Kier alpha value is -10.3. The molecule has 4 heterocycles. The number of rotatable bonds is 8. The molecule has 6 nitrogen and oxygen atoms in total. The highest BCUT2D eigenvalue weighted by Crippen LogP contribution is 2.49. The van der Waals surface area contributed by atoms with Crippen LogP contribution in [0.2, 0.25) is 0 Å². The first-order valence-corrected chi connectivity index (χ1v) is 25.8. The van der Waals surface area contributed by atoms with Crippen molar-refractivity contribution < 1.29 is 8.83 Å². The van der Waals surface area contributed by atoms with Gasteiger partial charge in [-0.1, -0.05) is 133 Å². The molecule has 0 saturated heterocycles. The lowest BCUT2D eigenvalue weighted by molar-refractivity contribution is 0.668. The molecule has 0 saturated carbocycles. The minimum Gasteiger partial charge on any atom is -0.454 e. The number of hydrogen-bond donors (Lipinski definition) is 0. The second-order valence-corrected chi connectivity index (χ2v) is 19.6.